The van der Waals surface area contributed by atoms with Crippen molar-refractivity contribution in [1.82, 2.24) is 14.2 Å². The summed E-state index contributed by atoms with van der Waals surface area (Å²) in [6.07, 6.45) is 4.04. The highest BCUT2D eigenvalue weighted by atomic mass is 32.2. The number of likely N-dealkylation sites (N-methyl/N-ethyl adjacent to an activating group) is 1. The van der Waals surface area contributed by atoms with Gasteiger partial charge in [0.25, 0.3) is 5.91 Å². The summed E-state index contributed by atoms with van der Waals surface area (Å²) in [4.78, 5) is 31.9. The lowest BCUT2D eigenvalue weighted by atomic mass is 10.1. The van der Waals surface area contributed by atoms with Crippen molar-refractivity contribution in [3.63, 3.8) is 0 Å². The molecule has 0 spiro atoms. The van der Waals surface area contributed by atoms with Crippen molar-refractivity contribution in [3.8, 4) is 0 Å². The van der Waals surface area contributed by atoms with E-state index in [4.69, 9.17) is 5.73 Å². The van der Waals surface area contributed by atoms with Crippen molar-refractivity contribution < 1.29 is 18.0 Å². The SMILES string of the molecule is CN1CCN(S(=O)(=O)c2ccc(SCC(=O)Nc3sc4c(c3C(N)=O)CCC4)nc2)CC1. The van der Waals surface area contributed by atoms with Gasteiger partial charge in [-0.25, -0.2) is 13.4 Å². The number of carbonyl (C=O) groups is 2. The molecule has 1 fully saturated rings. The van der Waals surface area contributed by atoms with Gasteiger partial charge in [-0.05, 0) is 44.0 Å². The summed E-state index contributed by atoms with van der Waals surface area (Å²) >= 11 is 2.61. The van der Waals surface area contributed by atoms with Crippen LogP contribution in [0.5, 0.6) is 0 Å². The molecule has 9 nitrogen and oxygen atoms in total. The number of aromatic nitrogens is 1. The molecule has 0 atom stereocenters. The number of fused-ring (bicyclic) bond motifs is 1. The Morgan fingerprint density at radius 2 is 1.97 bits per heavy atom. The van der Waals surface area contributed by atoms with Crippen LogP contribution in [0.2, 0.25) is 0 Å². The van der Waals surface area contributed by atoms with Gasteiger partial charge in [0.1, 0.15) is 9.90 Å². The number of nitrogens with one attached hydrogen (secondary N) is 1. The first kappa shape index (κ1) is 23.2. The molecule has 172 valence electrons. The van der Waals surface area contributed by atoms with Crippen LogP contribution in [0.25, 0.3) is 0 Å². The van der Waals surface area contributed by atoms with Gasteiger partial charge in [-0.15, -0.1) is 11.3 Å². The number of aryl methyl sites for hydroxylation is 1. The summed E-state index contributed by atoms with van der Waals surface area (Å²) in [5, 5.41) is 3.85. The first-order valence-corrected chi connectivity index (χ1v) is 13.5. The number of piperazine rings is 1. The van der Waals surface area contributed by atoms with E-state index in [1.807, 2.05) is 7.05 Å². The van der Waals surface area contributed by atoms with Crippen LogP contribution in [0.4, 0.5) is 5.00 Å². The molecular weight excluding hydrogens is 470 g/mol. The topological polar surface area (TPSA) is 126 Å². The lowest BCUT2D eigenvalue weighted by molar-refractivity contribution is -0.113. The van der Waals surface area contributed by atoms with Crippen LogP contribution in [-0.4, -0.2) is 73.4 Å². The van der Waals surface area contributed by atoms with E-state index in [1.165, 1.54) is 39.7 Å². The molecular formula is C20H25N5O4S3. The summed E-state index contributed by atoms with van der Waals surface area (Å²) < 4.78 is 27.0. The summed E-state index contributed by atoms with van der Waals surface area (Å²) in [5.74, 6) is -0.710. The van der Waals surface area contributed by atoms with Gasteiger partial charge in [0.2, 0.25) is 15.9 Å². The second kappa shape index (κ2) is 9.48. The molecule has 3 N–H and O–H groups in total. The zero-order valence-corrected chi connectivity index (χ0v) is 20.1. The Labute approximate surface area is 195 Å². The Bertz CT molecular complexity index is 1120. The van der Waals surface area contributed by atoms with Gasteiger partial charge >= 0.3 is 0 Å². The predicted octanol–water partition coefficient (Wildman–Crippen LogP) is 1.40. The maximum absolute atomic E-state index is 12.8. The van der Waals surface area contributed by atoms with Crippen molar-refractivity contribution in [3.05, 3.63) is 34.3 Å². The number of pyridine rings is 1. The van der Waals surface area contributed by atoms with E-state index in [0.717, 1.165) is 29.7 Å². The molecule has 0 unspecified atom stereocenters. The number of amides is 2. The number of sulfonamides is 1. The van der Waals surface area contributed by atoms with E-state index >= 15 is 0 Å². The largest absolute Gasteiger partial charge is 0.365 e. The third-order valence-corrected chi connectivity index (χ3v) is 9.61. The van der Waals surface area contributed by atoms with Crippen molar-refractivity contribution in [1.29, 1.82) is 0 Å². The molecule has 0 aromatic carbocycles. The molecule has 12 heteroatoms. The number of thiophene rings is 1. The van der Waals surface area contributed by atoms with E-state index in [-0.39, 0.29) is 16.6 Å². The first-order chi connectivity index (χ1) is 15.3. The second-order valence-corrected chi connectivity index (χ2v) is 11.8. The van der Waals surface area contributed by atoms with Crippen LogP contribution in [0.3, 0.4) is 0 Å². The lowest BCUT2D eigenvalue weighted by Gasteiger charge is -2.31. The molecule has 0 bridgehead atoms. The molecule has 2 aromatic heterocycles. The molecule has 2 aliphatic rings. The Hall–Kier alpha value is -1.99. The van der Waals surface area contributed by atoms with E-state index in [2.05, 4.69) is 15.2 Å². The summed E-state index contributed by atoms with van der Waals surface area (Å²) in [7, 11) is -1.61. The third-order valence-electron chi connectivity index (χ3n) is 5.58. The molecule has 1 saturated heterocycles. The number of primary amides is 1. The smallest absolute Gasteiger partial charge is 0.251 e. The zero-order valence-electron chi connectivity index (χ0n) is 17.7. The van der Waals surface area contributed by atoms with Crippen molar-refractivity contribution in [2.24, 2.45) is 5.73 Å². The van der Waals surface area contributed by atoms with Crippen LogP contribution in [0.15, 0.2) is 28.3 Å². The minimum absolute atomic E-state index is 0.0817. The molecule has 4 rings (SSSR count). The molecule has 0 radical (unpaired) electrons. The van der Waals surface area contributed by atoms with Crippen LogP contribution >= 0.6 is 23.1 Å². The summed E-state index contributed by atoms with van der Waals surface area (Å²) in [5.41, 5.74) is 6.92. The normalized spacial score (nSPS) is 17.3. The second-order valence-electron chi connectivity index (χ2n) is 7.80. The van der Waals surface area contributed by atoms with Gasteiger partial charge in [0.05, 0.1) is 16.3 Å². The maximum atomic E-state index is 12.8. The summed E-state index contributed by atoms with van der Waals surface area (Å²) in [6, 6.07) is 3.13. The van der Waals surface area contributed by atoms with E-state index in [9.17, 15) is 18.0 Å². The van der Waals surface area contributed by atoms with E-state index < -0.39 is 15.9 Å². The average Bonchev–Trinajstić information content (AvgIpc) is 3.33. The van der Waals surface area contributed by atoms with Gasteiger partial charge in [-0.1, -0.05) is 11.8 Å². The molecule has 2 amide bonds. The van der Waals surface area contributed by atoms with Crippen LogP contribution in [-0.2, 0) is 27.7 Å². The predicted molar refractivity (Wildman–Crippen MR) is 125 cm³/mol. The highest BCUT2D eigenvalue weighted by molar-refractivity contribution is 7.99. The minimum atomic E-state index is -3.57. The number of nitrogens with zero attached hydrogens (tertiary/aromatic N) is 3. The number of nitrogens with two attached hydrogens (primary N) is 1. The van der Waals surface area contributed by atoms with Crippen LogP contribution in [0.1, 0.15) is 27.2 Å². The molecule has 2 aromatic rings. The quantitative estimate of drug-likeness (QED) is 0.556. The Morgan fingerprint density at radius 3 is 2.62 bits per heavy atom. The fraction of sp³-hybridized carbons (Fsp3) is 0.450. The number of anilines is 1. The zero-order chi connectivity index (χ0) is 22.9. The molecule has 1 aliphatic carbocycles. The highest BCUT2D eigenvalue weighted by Gasteiger charge is 2.28. The molecule has 32 heavy (non-hydrogen) atoms. The molecule has 1 aliphatic heterocycles. The number of hydrogen-bond donors (Lipinski definition) is 2. The fourth-order valence-electron chi connectivity index (χ4n) is 3.84. The monoisotopic (exact) mass is 495 g/mol. The number of thioether (sulfide) groups is 1. The number of rotatable bonds is 7. The van der Waals surface area contributed by atoms with Crippen molar-refractivity contribution in [2.45, 2.75) is 29.2 Å². The lowest BCUT2D eigenvalue weighted by Crippen LogP contribution is -2.47. The molecule has 3 heterocycles. The molecule has 0 saturated carbocycles. The van der Waals surface area contributed by atoms with E-state index in [1.54, 1.807) is 6.07 Å². The van der Waals surface area contributed by atoms with Gasteiger partial charge in [0.15, 0.2) is 0 Å². The third kappa shape index (κ3) is 4.84. The summed E-state index contributed by atoms with van der Waals surface area (Å²) in [6.45, 7) is 2.30. The van der Waals surface area contributed by atoms with Gasteiger partial charge in [-0.2, -0.15) is 4.31 Å². The van der Waals surface area contributed by atoms with Crippen molar-refractivity contribution >= 4 is 49.9 Å². The van der Waals surface area contributed by atoms with Gasteiger partial charge in [0, 0.05) is 37.3 Å². The average molecular weight is 496 g/mol. The Kier molecular flexibility index (Phi) is 6.86. The van der Waals surface area contributed by atoms with Crippen LogP contribution in [0, 0.1) is 0 Å². The van der Waals surface area contributed by atoms with Crippen LogP contribution < -0.4 is 11.1 Å². The Balaban J connectivity index is 1.36. The first-order valence-electron chi connectivity index (χ1n) is 10.3. The fourth-order valence-corrected chi connectivity index (χ4v) is 7.16. The van der Waals surface area contributed by atoms with E-state index in [0.29, 0.717) is 41.8 Å². The number of hydrogen-bond acceptors (Lipinski definition) is 8. The van der Waals surface area contributed by atoms with Gasteiger partial charge in [-0.3, -0.25) is 9.59 Å². The standard InChI is InChI=1S/C20H25N5O4S3/c1-24-7-9-25(10-8-24)32(28,29)13-5-6-17(22-11-13)30-12-16(26)23-20-18(19(21)27)14-3-2-4-15(14)31-20/h5-6,11H,2-4,7-10,12H2,1H3,(H2,21,27)(H,23,26). The maximum Gasteiger partial charge on any atom is 0.251 e. The number of carbonyl (C=O) groups excluding carboxylic acids is 2. The Morgan fingerprint density at radius 1 is 1.22 bits per heavy atom. The highest BCUT2D eigenvalue weighted by Crippen LogP contribution is 2.38. The minimum Gasteiger partial charge on any atom is -0.365 e. The van der Waals surface area contributed by atoms with Gasteiger partial charge < -0.3 is 16.0 Å². The van der Waals surface area contributed by atoms with Crippen molar-refractivity contribution in [2.75, 3.05) is 44.3 Å².